The number of nitrogens with zero attached hydrogens (tertiary/aromatic N) is 1. The van der Waals surface area contributed by atoms with E-state index < -0.39 is 0 Å². The van der Waals surface area contributed by atoms with Gasteiger partial charge in [-0.2, -0.15) is 0 Å². The average molecular weight is 282 g/mol. The molecule has 0 aromatic heterocycles. The Labute approximate surface area is 121 Å². The van der Waals surface area contributed by atoms with Gasteiger partial charge in [0, 0.05) is 25.4 Å². The van der Waals surface area contributed by atoms with Gasteiger partial charge in [-0.15, -0.1) is 0 Å². The summed E-state index contributed by atoms with van der Waals surface area (Å²) in [4.78, 5) is 25.9. The minimum absolute atomic E-state index is 0.100. The van der Waals surface area contributed by atoms with Crippen LogP contribution in [0, 0.1) is 5.92 Å². The Morgan fingerprint density at radius 2 is 1.95 bits per heavy atom. The molecule has 2 atom stereocenters. The van der Waals surface area contributed by atoms with E-state index in [2.05, 4.69) is 5.32 Å². The maximum Gasteiger partial charge on any atom is 0.224 e. The molecule has 2 rings (SSSR count). The minimum atomic E-state index is 0.100. The van der Waals surface area contributed by atoms with Gasteiger partial charge in [0.1, 0.15) is 0 Å². The number of ether oxygens (including phenoxy) is 1. The van der Waals surface area contributed by atoms with Crippen LogP contribution in [0.5, 0.6) is 0 Å². The molecule has 5 nitrogen and oxygen atoms in total. The molecule has 0 aromatic carbocycles. The smallest absolute Gasteiger partial charge is 0.224 e. The Balaban J connectivity index is 1.70. The first kappa shape index (κ1) is 15.3. The van der Waals surface area contributed by atoms with Gasteiger partial charge in [0.2, 0.25) is 11.8 Å². The highest BCUT2D eigenvalue weighted by molar-refractivity contribution is 5.80. The molecule has 0 bridgehead atoms. The summed E-state index contributed by atoms with van der Waals surface area (Å²) in [6.07, 6.45) is 4.79. The number of hydrogen-bond donors (Lipinski definition) is 1. The monoisotopic (exact) mass is 282 g/mol. The zero-order valence-electron chi connectivity index (χ0n) is 12.6. The number of rotatable bonds is 4. The lowest BCUT2D eigenvalue weighted by Crippen LogP contribution is -2.50. The zero-order chi connectivity index (χ0) is 14.5. The number of carbonyl (C=O) groups is 2. The molecule has 1 saturated heterocycles. The molecule has 5 heteroatoms. The molecule has 20 heavy (non-hydrogen) atoms. The fraction of sp³-hybridized carbons (Fsp3) is 0.867. The van der Waals surface area contributed by atoms with E-state index in [4.69, 9.17) is 4.74 Å². The van der Waals surface area contributed by atoms with Gasteiger partial charge < -0.3 is 15.0 Å². The van der Waals surface area contributed by atoms with Crippen molar-refractivity contribution in [2.24, 2.45) is 5.92 Å². The van der Waals surface area contributed by atoms with Gasteiger partial charge in [-0.05, 0) is 26.7 Å². The largest absolute Gasteiger partial charge is 0.375 e. The molecule has 1 aliphatic carbocycles. The lowest BCUT2D eigenvalue weighted by Gasteiger charge is -2.36. The van der Waals surface area contributed by atoms with Crippen molar-refractivity contribution in [2.75, 3.05) is 19.7 Å². The Morgan fingerprint density at radius 3 is 2.65 bits per heavy atom. The highest BCUT2D eigenvalue weighted by atomic mass is 16.5. The SMILES string of the molecule is C[C@H]1CN(C(=O)CCNC(=O)C2CCCC2)[C@@H](C)CO1. The predicted octanol–water partition coefficient (Wildman–Crippen LogP) is 1.32. The molecule has 0 radical (unpaired) electrons. The van der Waals surface area contributed by atoms with Crippen molar-refractivity contribution in [2.45, 2.75) is 58.1 Å². The first-order chi connectivity index (χ1) is 9.58. The summed E-state index contributed by atoms with van der Waals surface area (Å²) < 4.78 is 5.52. The Bertz CT molecular complexity index is 353. The van der Waals surface area contributed by atoms with E-state index in [9.17, 15) is 9.59 Å². The number of amides is 2. The first-order valence-corrected chi connectivity index (χ1v) is 7.76. The van der Waals surface area contributed by atoms with Crippen LogP contribution < -0.4 is 5.32 Å². The number of nitrogens with one attached hydrogen (secondary N) is 1. The summed E-state index contributed by atoms with van der Waals surface area (Å²) in [5.74, 6) is 0.408. The minimum Gasteiger partial charge on any atom is -0.375 e. The summed E-state index contributed by atoms with van der Waals surface area (Å²) in [7, 11) is 0. The second-order valence-corrected chi connectivity index (χ2v) is 6.06. The van der Waals surface area contributed by atoms with Gasteiger partial charge >= 0.3 is 0 Å². The molecule has 2 aliphatic rings. The van der Waals surface area contributed by atoms with E-state index in [0.29, 0.717) is 26.1 Å². The molecule has 114 valence electrons. The van der Waals surface area contributed by atoms with E-state index in [1.165, 1.54) is 0 Å². The van der Waals surface area contributed by atoms with E-state index in [-0.39, 0.29) is 29.9 Å². The third-order valence-corrected chi connectivity index (χ3v) is 4.29. The fourth-order valence-electron chi connectivity index (χ4n) is 3.02. The molecule has 1 N–H and O–H groups in total. The second-order valence-electron chi connectivity index (χ2n) is 6.06. The lowest BCUT2D eigenvalue weighted by atomic mass is 10.1. The fourth-order valence-corrected chi connectivity index (χ4v) is 3.02. The van der Waals surface area contributed by atoms with Crippen LogP contribution in [0.25, 0.3) is 0 Å². The third kappa shape index (κ3) is 3.95. The molecule has 2 fully saturated rings. The van der Waals surface area contributed by atoms with Crippen molar-refractivity contribution < 1.29 is 14.3 Å². The Morgan fingerprint density at radius 1 is 1.25 bits per heavy atom. The van der Waals surface area contributed by atoms with Gasteiger partial charge in [0.15, 0.2) is 0 Å². The average Bonchev–Trinajstić information content (AvgIpc) is 2.95. The quantitative estimate of drug-likeness (QED) is 0.846. The molecule has 1 saturated carbocycles. The molecule has 1 heterocycles. The van der Waals surface area contributed by atoms with Crippen LogP contribution in [0.3, 0.4) is 0 Å². The van der Waals surface area contributed by atoms with Gasteiger partial charge in [0.25, 0.3) is 0 Å². The number of morpholine rings is 1. The molecule has 0 aromatic rings. The van der Waals surface area contributed by atoms with Crippen molar-refractivity contribution in [1.29, 1.82) is 0 Å². The third-order valence-electron chi connectivity index (χ3n) is 4.29. The van der Waals surface area contributed by atoms with Crippen molar-refractivity contribution in [3.63, 3.8) is 0 Å². The zero-order valence-corrected chi connectivity index (χ0v) is 12.6. The molecular weight excluding hydrogens is 256 g/mol. The lowest BCUT2D eigenvalue weighted by molar-refractivity contribution is -0.143. The van der Waals surface area contributed by atoms with Crippen LogP contribution in [0.15, 0.2) is 0 Å². The first-order valence-electron chi connectivity index (χ1n) is 7.76. The van der Waals surface area contributed by atoms with E-state index in [1.54, 1.807) is 0 Å². The highest BCUT2D eigenvalue weighted by Gasteiger charge is 2.27. The predicted molar refractivity (Wildman–Crippen MR) is 76.2 cm³/mol. The van der Waals surface area contributed by atoms with Gasteiger partial charge in [-0.1, -0.05) is 12.8 Å². The highest BCUT2D eigenvalue weighted by Crippen LogP contribution is 2.24. The van der Waals surface area contributed by atoms with Crippen molar-refractivity contribution in [3.8, 4) is 0 Å². The van der Waals surface area contributed by atoms with Gasteiger partial charge in [0.05, 0.1) is 18.8 Å². The summed E-state index contributed by atoms with van der Waals surface area (Å²) in [5, 5.41) is 2.90. The van der Waals surface area contributed by atoms with Crippen LogP contribution in [-0.2, 0) is 14.3 Å². The van der Waals surface area contributed by atoms with E-state index >= 15 is 0 Å². The number of carbonyl (C=O) groups excluding carboxylic acids is 2. The van der Waals surface area contributed by atoms with Crippen LogP contribution in [0.1, 0.15) is 46.0 Å². The van der Waals surface area contributed by atoms with Gasteiger partial charge in [-0.3, -0.25) is 9.59 Å². The number of hydrogen-bond acceptors (Lipinski definition) is 3. The maximum atomic E-state index is 12.2. The standard InChI is InChI=1S/C15H26N2O3/c1-11-10-20-12(2)9-17(11)14(18)7-8-16-15(19)13-5-3-4-6-13/h11-13H,3-10H2,1-2H3,(H,16,19)/t11-,12-/m0/s1. The van der Waals surface area contributed by atoms with Crippen molar-refractivity contribution in [1.82, 2.24) is 10.2 Å². The normalized spacial score (nSPS) is 27.6. The van der Waals surface area contributed by atoms with Crippen LogP contribution in [-0.4, -0.2) is 48.6 Å². The van der Waals surface area contributed by atoms with Crippen molar-refractivity contribution in [3.05, 3.63) is 0 Å². The van der Waals surface area contributed by atoms with Gasteiger partial charge in [-0.25, -0.2) is 0 Å². The molecule has 0 unspecified atom stereocenters. The Kier molecular flexibility index (Phi) is 5.40. The molecule has 1 aliphatic heterocycles. The molecular formula is C15H26N2O3. The van der Waals surface area contributed by atoms with Crippen LogP contribution >= 0.6 is 0 Å². The second kappa shape index (κ2) is 7.07. The molecule has 2 amide bonds. The Hall–Kier alpha value is -1.10. The topological polar surface area (TPSA) is 58.6 Å². The summed E-state index contributed by atoms with van der Waals surface area (Å²) in [5.41, 5.74) is 0. The molecule has 0 spiro atoms. The maximum absolute atomic E-state index is 12.2. The summed E-state index contributed by atoms with van der Waals surface area (Å²) >= 11 is 0. The van der Waals surface area contributed by atoms with E-state index in [1.807, 2.05) is 18.7 Å². The summed E-state index contributed by atoms with van der Waals surface area (Å²) in [6.45, 7) is 5.68. The van der Waals surface area contributed by atoms with Crippen LogP contribution in [0.2, 0.25) is 0 Å². The summed E-state index contributed by atoms with van der Waals surface area (Å²) in [6, 6.07) is 0.129. The van der Waals surface area contributed by atoms with Crippen LogP contribution in [0.4, 0.5) is 0 Å². The van der Waals surface area contributed by atoms with E-state index in [0.717, 1.165) is 25.7 Å². The van der Waals surface area contributed by atoms with Crippen molar-refractivity contribution >= 4 is 11.8 Å².